The highest BCUT2D eigenvalue weighted by Gasteiger charge is 1.90. The number of rotatable bonds is 3. The summed E-state index contributed by atoms with van der Waals surface area (Å²) in [6, 6.07) is 0. The molecule has 0 rings (SSSR count). The lowest BCUT2D eigenvalue weighted by molar-refractivity contribution is 1.16. The third-order valence-corrected chi connectivity index (χ3v) is 1.03. The Balaban J connectivity index is 3.18. The minimum Gasteiger partial charge on any atom is -0.393 e. The second kappa shape index (κ2) is 3.74. The number of hydrogen-bond donors (Lipinski definition) is 2. The van der Waals surface area contributed by atoms with Crippen LogP contribution in [0, 0.1) is 0 Å². The summed E-state index contributed by atoms with van der Waals surface area (Å²) in [5, 5.41) is 0. The first kappa shape index (κ1) is 7.78. The quantitative estimate of drug-likeness (QED) is 0.567. The minimum atomic E-state index is 0.470. The predicted octanol–water partition coefficient (Wildman–Crippen LogP) is 0.339. The molecule has 0 saturated carbocycles. The fourth-order valence-corrected chi connectivity index (χ4v) is 0.451. The van der Waals surface area contributed by atoms with E-state index in [0.29, 0.717) is 22.8 Å². The van der Waals surface area contributed by atoms with Crippen molar-refractivity contribution < 1.29 is 0 Å². The predicted molar refractivity (Wildman–Crippen MR) is 42.8 cm³/mol. The molecule has 0 radical (unpaired) electrons. The average molecular weight is 148 g/mol. The van der Waals surface area contributed by atoms with E-state index in [0.717, 1.165) is 0 Å². The van der Waals surface area contributed by atoms with Crippen molar-refractivity contribution >= 4 is 34.4 Å². The fraction of sp³-hybridized carbons (Fsp3) is 0.500. The maximum atomic E-state index is 5.16. The minimum absolute atomic E-state index is 0.470. The molecule has 0 aromatic heterocycles. The van der Waals surface area contributed by atoms with Crippen LogP contribution in [0.15, 0.2) is 0 Å². The van der Waals surface area contributed by atoms with E-state index in [9.17, 15) is 0 Å². The summed E-state index contributed by atoms with van der Waals surface area (Å²) in [7, 11) is 0. The highest BCUT2D eigenvalue weighted by atomic mass is 32.1. The first-order chi connectivity index (χ1) is 3.63. The Morgan fingerprint density at radius 1 is 1.00 bits per heavy atom. The van der Waals surface area contributed by atoms with Gasteiger partial charge in [-0.2, -0.15) is 0 Å². The van der Waals surface area contributed by atoms with Crippen molar-refractivity contribution in [2.24, 2.45) is 11.5 Å². The van der Waals surface area contributed by atoms with Crippen LogP contribution in [0.25, 0.3) is 0 Å². The molecule has 0 atom stereocenters. The number of thiocarbonyl (C=S) groups is 2. The third kappa shape index (κ3) is 5.78. The SMILES string of the molecule is NC(=S)CCC(N)=S. The van der Waals surface area contributed by atoms with Crippen LogP contribution in [-0.4, -0.2) is 9.98 Å². The van der Waals surface area contributed by atoms with E-state index in [2.05, 4.69) is 24.4 Å². The second-order valence-electron chi connectivity index (χ2n) is 1.43. The molecule has 2 nitrogen and oxygen atoms in total. The summed E-state index contributed by atoms with van der Waals surface area (Å²) in [4.78, 5) is 0.940. The van der Waals surface area contributed by atoms with Crippen molar-refractivity contribution in [2.45, 2.75) is 12.8 Å². The number of nitrogens with two attached hydrogens (primary N) is 2. The average Bonchev–Trinajstić information content (AvgIpc) is 1.61. The standard InChI is InChI=1S/C4H8N2S2/c5-3(7)1-2-4(6)8/h1-2H2,(H2,5,7)(H2,6,8). The van der Waals surface area contributed by atoms with E-state index < -0.39 is 0 Å². The molecule has 0 fully saturated rings. The van der Waals surface area contributed by atoms with Crippen LogP contribution in [-0.2, 0) is 0 Å². The van der Waals surface area contributed by atoms with Crippen molar-refractivity contribution in [1.29, 1.82) is 0 Å². The van der Waals surface area contributed by atoms with Crippen LogP contribution in [0.2, 0.25) is 0 Å². The molecule has 46 valence electrons. The highest BCUT2D eigenvalue weighted by molar-refractivity contribution is 7.80. The largest absolute Gasteiger partial charge is 0.393 e. The van der Waals surface area contributed by atoms with E-state index in [-0.39, 0.29) is 0 Å². The first-order valence-electron chi connectivity index (χ1n) is 2.19. The van der Waals surface area contributed by atoms with Crippen molar-refractivity contribution in [2.75, 3.05) is 0 Å². The Kier molecular flexibility index (Phi) is 3.64. The van der Waals surface area contributed by atoms with Crippen LogP contribution in [0.1, 0.15) is 12.8 Å². The molecule has 0 unspecified atom stereocenters. The lowest BCUT2D eigenvalue weighted by Crippen LogP contribution is -2.13. The van der Waals surface area contributed by atoms with Gasteiger partial charge in [0.25, 0.3) is 0 Å². The molecule has 0 aliphatic heterocycles. The van der Waals surface area contributed by atoms with Gasteiger partial charge in [-0.3, -0.25) is 0 Å². The summed E-state index contributed by atoms with van der Waals surface area (Å²) in [6.45, 7) is 0. The van der Waals surface area contributed by atoms with Gasteiger partial charge in [-0.1, -0.05) is 24.4 Å². The molecule has 0 aromatic carbocycles. The lowest BCUT2D eigenvalue weighted by atomic mass is 10.3. The summed E-state index contributed by atoms with van der Waals surface area (Å²) in [5.74, 6) is 0. The molecule has 0 aliphatic rings. The van der Waals surface area contributed by atoms with Crippen molar-refractivity contribution in [1.82, 2.24) is 0 Å². The van der Waals surface area contributed by atoms with Crippen LogP contribution in [0.5, 0.6) is 0 Å². The van der Waals surface area contributed by atoms with Gasteiger partial charge >= 0.3 is 0 Å². The highest BCUT2D eigenvalue weighted by Crippen LogP contribution is 1.87. The molecule has 0 spiro atoms. The van der Waals surface area contributed by atoms with Crippen molar-refractivity contribution in [3.05, 3.63) is 0 Å². The molecule has 0 aliphatic carbocycles. The Morgan fingerprint density at radius 3 is 1.38 bits per heavy atom. The van der Waals surface area contributed by atoms with Gasteiger partial charge in [-0.15, -0.1) is 0 Å². The van der Waals surface area contributed by atoms with Gasteiger partial charge in [-0.25, -0.2) is 0 Å². The monoisotopic (exact) mass is 148 g/mol. The van der Waals surface area contributed by atoms with Gasteiger partial charge in [0.15, 0.2) is 0 Å². The van der Waals surface area contributed by atoms with Gasteiger partial charge in [-0.05, 0) is 0 Å². The maximum Gasteiger partial charge on any atom is 0.0731 e. The zero-order valence-electron chi connectivity index (χ0n) is 4.39. The van der Waals surface area contributed by atoms with Gasteiger partial charge < -0.3 is 11.5 Å². The van der Waals surface area contributed by atoms with Crippen molar-refractivity contribution in [3.63, 3.8) is 0 Å². The fourth-order valence-electron chi connectivity index (χ4n) is 0.246. The molecule has 0 bridgehead atoms. The normalized spacial score (nSPS) is 8.50. The summed E-state index contributed by atoms with van der Waals surface area (Å²) < 4.78 is 0. The molecule has 0 saturated heterocycles. The maximum absolute atomic E-state index is 5.16. The zero-order valence-corrected chi connectivity index (χ0v) is 6.02. The Labute approximate surface area is 59.2 Å². The first-order valence-corrected chi connectivity index (χ1v) is 3.01. The Morgan fingerprint density at radius 2 is 1.25 bits per heavy atom. The molecular formula is C4H8N2S2. The third-order valence-electron chi connectivity index (χ3n) is 0.618. The summed E-state index contributed by atoms with van der Waals surface area (Å²) in [6.07, 6.45) is 1.26. The van der Waals surface area contributed by atoms with Crippen LogP contribution >= 0.6 is 24.4 Å². The van der Waals surface area contributed by atoms with Gasteiger partial charge in [0.1, 0.15) is 0 Å². The zero-order chi connectivity index (χ0) is 6.57. The van der Waals surface area contributed by atoms with E-state index in [4.69, 9.17) is 11.5 Å². The molecular weight excluding hydrogens is 140 g/mol. The second-order valence-corrected chi connectivity index (χ2v) is 2.48. The van der Waals surface area contributed by atoms with E-state index in [1.54, 1.807) is 0 Å². The van der Waals surface area contributed by atoms with E-state index in [1.807, 2.05) is 0 Å². The Hall–Kier alpha value is -0.220. The van der Waals surface area contributed by atoms with E-state index in [1.165, 1.54) is 0 Å². The van der Waals surface area contributed by atoms with E-state index >= 15 is 0 Å². The van der Waals surface area contributed by atoms with Crippen LogP contribution in [0.3, 0.4) is 0 Å². The molecule has 0 aromatic rings. The molecule has 8 heavy (non-hydrogen) atoms. The molecule has 0 heterocycles. The summed E-state index contributed by atoms with van der Waals surface area (Å²) in [5.41, 5.74) is 10.3. The van der Waals surface area contributed by atoms with Gasteiger partial charge in [0.2, 0.25) is 0 Å². The molecule has 0 amide bonds. The molecule has 4 N–H and O–H groups in total. The van der Waals surface area contributed by atoms with Crippen LogP contribution in [0.4, 0.5) is 0 Å². The molecule has 4 heteroatoms. The lowest BCUT2D eigenvalue weighted by Gasteiger charge is -1.92. The van der Waals surface area contributed by atoms with Gasteiger partial charge in [0, 0.05) is 12.8 Å². The number of hydrogen-bond acceptors (Lipinski definition) is 2. The Bertz CT molecular complexity index is 96.6. The van der Waals surface area contributed by atoms with Gasteiger partial charge in [0.05, 0.1) is 9.98 Å². The summed E-state index contributed by atoms with van der Waals surface area (Å²) >= 11 is 9.15. The smallest absolute Gasteiger partial charge is 0.0731 e. The van der Waals surface area contributed by atoms with Crippen molar-refractivity contribution in [3.8, 4) is 0 Å². The van der Waals surface area contributed by atoms with Crippen LogP contribution < -0.4 is 11.5 Å². The topological polar surface area (TPSA) is 52.0 Å².